The van der Waals surface area contributed by atoms with Gasteiger partial charge in [0.2, 0.25) is 0 Å². The second kappa shape index (κ2) is 5.63. The maximum Gasteiger partial charge on any atom is 0.255 e. The Morgan fingerprint density at radius 1 is 1.18 bits per heavy atom. The summed E-state index contributed by atoms with van der Waals surface area (Å²) < 4.78 is 13.5. The second-order valence-corrected chi connectivity index (χ2v) is 5.18. The maximum absolute atomic E-state index is 13.0. The molecule has 0 spiro atoms. The number of hydrogen-bond acceptors (Lipinski definition) is 1. The molecule has 1 heterocycles. The van der Waals surface area contributed by atoms with Crippen molar-refractivity contribution in [3.8, 4) is 0 Å². The van der Waals surface area contributed by atoms with E-state index >= 15 is 0 Å². The van der Waals surface area contributed by atoms with Crippen LogP contribution in [-0.2, 0) is 0 Å². The van der Waals surface area contributed by atoms with Crippen molar-refractivity contribution in [1.82, 2.24) is 4.90 Å². The molecule has 0 aliphatic carbocycles. The SMILES string of the molecule is O=C(c1ccc(F)cc1Br)N1CCCCCC1. The number of rotatable bonds is 1. The average Bonchev–Trinajstić information content (AvgIpc) is 2.56. The van der Waals surface area contributed by atoms with Crippen molar-refractivity contribution in [3.05, 3.63) is 34.1 Å². The molecule has 2 nitrogen and oxygen atoms in total. The maximum atomic E-state index is 13.0. The molecule has 2 rings (SSSR count). The summed E-state index contributed by atoms with van der Waals surface area (Å²) in [6.07, 6.45) is 4.50. The fraction of sp³-hybridized carbons (Fsp3) is 0.462. The molecule has 17 heavy (non-hydrogen) atoms. The third-order valence-corrected chi connectivity index (χ3v) is 3.71. The van der Waals surface area contributed by atoms with E-state index in [9.17, 15) is 9.18 Å². The van der Waals surface area contributed by atoms with Crippen molar-refractivity contribution in [2.45, 2.75) is 25.7 Å². The van der Waals surface area contributed by atoms with Crippen LogP contribution in [0.5, 0.6) is 0 Å². The standard InChI is InChI=1S/C13H15BrFNO/c14-12-9-10(15)5-6-11(12)13(17)16-7-3-1-2-4-8-16/h5-6,9H,1-4,7-8H2. The van der Waals surface area contributed by atoms with Crippen molar-refractivity contribution in [2.24, 2.45) is 0 Å². The first-order valence-electron chi connectivity index (χ1n) is 5.93. The van der Waals surface area contributed by atoms with E-state index in [-0.39, 0.29) is 11.7 Å². The number of hydrogen-bond donors (Lipinski definition) is 0. The third kappa shape index (κ3) is 3.06. The molecule has 0 N–H and O–H groups in total. The van der Waals surface area contributed by atoms with Gasteiger partial charge < -0.3 is 4.90 Å². The van der Waals surface area contributed by atoms with Crippen LogP contribution in [0.3, 0.4) is 0 Å². The highest BCUT2D eigenvalue weighted by molar-refractivity contribution is 9.10. The Morgan fingerprint density at radius 3 is 2.41 bits per heavy atom. The van der Waals surface area contributed by atoms with Gasteiger partial charge in [0.25, 0.3) is 5.91 Å². The van der Waals surface area contributed by atoms with E-state index in [2.05, 4.69) is 15.9 Å². The van der Waals surface area contributed by atoms with Crippen LogP contribution in [0.1, 0.15) is 36.0 Å². The molecule has 92 valence electrons. The van der Waals surface area contributed by atoms with Crippen LogP contribution in [-0.4, -0.2) is 23.9 Å². The minimum atomic E-state index is -0.329. The topological polar surface area (TPSA) is 20.3 Å². The lowest BCUT2D eigenvalue weighted by Gasteiger charge is -2.20. The molecular formula is C13H15BrFNO. The van der Waals surface area contributed by atoms with Crippen molar-refractivity contribution < 1.29 is 9.18 Å². The lowest BCUT2D eigenvalue weighted by molar-refractivity contribution is 0.0760. The van der Waals surface area contributed by atoms with E-state index in [1.165, 1.54) is 25.0 Å². The Kier molecular flexibility index (Phi) is 4.15. The van der Waals surface area contributed by atoms with Gasteiger partial charge in [-0.2, -0.15) is 0 Å². The van der Waals surface area contributed by atoms with E-state index in [4.69, 9.17) is 0 Å². The normalized spacial score (nSPS) is 16.7. The highest BCUT2D eigenvalue weighted by atomic mass is 79.9. The van der Waals surface area contributed by atoms with Crippen LogP contribution in [0.2, 0.25) is 0 Å². The highest BCUT2D eigenvalue weighted by Gasteiger charge is 2.19. The Bertz CT molecular complexity index is 414. The Labute approximate surface area is 109 Å². The Hall–Kier alpha value is -0.900. The van der Waals surface area contributed by atoms with Gasteiger partial charge in [0, 0.05) is 17.6 Å². The van der Waals surface area contributed by atoms with Crippen molar-refractivity contribution in [3.63, 3.8) is 0 Å². The van der Waals surface area contributed by atoms with Crippen LogP contribution >= 0.6 is 15.9 Å². The summed E-state index contributed by atoms with van der Waals surface area (Å²) in [4.78, 5) is 14.1. The molecule has 1 fully saturated rings. The first-order chi connectivity index (χ1) is 8.18. The fourth-order valence-electron chi connectivity index (χ4n) is 2.11. The largest absolute Gasteiger partial charge is 0.339 e. The zero-order valence-electron chi connectivity index (χ0n) is 9.59. The zero-order chi connectivity index (χ0) is 12.3. The lowest BCUT2D eigenvalue weighted by atomic mass is 10.2. The minimum Gasteiger partial charge on any atom is -0.339 e. The van der Waals surface area contributed by atoms with Gasteiger partial charge in [-0.05, 0) is 47.0 Å². The van der Waals surface area contributed by atoms with Crippen LogP contribution in [0.4, 0.5) is 4.39 Å². The summed E-state index contributed by atoms with van der Waals surface area (Å²) in [6, 6.07) is 4.22. The van der Waals surface area contributed by atoms with Gasteiger partial charge in [-0.3, -0.25) is 4.79 Å². The number of likely N-dealkylation sites (tertiary alicyclic amines) is 1. The Morgan fingerprint density at radius 2 is 1.82 bits per heavy atom. The van der Waals surface area contributed by atoms with Crippen molar-refractivity contribution >= 4 is 21.8 Å². The molecule has 1 amide bonds. The molecule has 0 saturated carbocycles. The quantitative estimate of drug-likeness (QED) is 0.776. The minimum absolute atomic E-state index is 0.00113. The number of nitrogens with zero attached hydrogens (tertiary/aromatic N) is 1. The molecule has 0 unspecified atom stereocenters. The predicted octanol–water partition coefficient (Wildman–Crippen LogP) is 3.60. The van der Waals surface area contributed by atoms with Crippen LogP contribution < -0.4 is 0 Å². The summed E-state index contributed by atoms with van der Waals surface area (Å²) in [5.74, 6) is -0.330. The van der Waals surface area contributed by atoms with E-state index in [1.54, 1.807) is 6.07 Å². The second-order valence-electron chi connectivity index (χ2n) is 4.33. The molecule has 0 aromatic heterocycles. The van der Waals surface area contributed by atoms with Gasteiger partial charge in [-0.15, -0.1) is 0 Å². The van der Waals surface area contributed by atoms with Gasteiger partial charge in [0.05, 0.1) is 5.56 Å². The number of amides is 1. The summed E-state index contributed by atoms with van der Waals surface area (Å²) >= 11 is 3.25. The molecule has 1 aromatic carbocycles. The number of benzene rings is 1. The first kappa shape index (κ1) is 12.6. The molecule has 1 aromatic rings. The molecule has 1 aliphatic rings. The first-order valence-corrected chi connectivity index (χ1v) is 6.72. The lowest BCUT2D eigenvalue weighted by Crippen LogP contribution is -2.32. The van der Waals surface area contributed by atoms with E-state index < -0.39 is 0 Å². The highest BCUT2D eigenvalue weighted by Crippen LogP contribution is 2.21. The molecule has 1 aliphatic heterocycles. The monoisotopic (exact) mass is 299 g/mol. The van der Waals surface area contributed by atoms with Gasteiger partial charge >= 0.3 is 0 Å². The average molecular weight is 300 g/mol. The van der Waals surface area contributed by atoms with Gasteiger partial charge in [-0.25, -0.2) is 4.39 Å². The smallest absolute Gasteiger partial charge is 0.255 e. The molecule has 4 heteroatoms. The zero-order valence-corrected chi connectivity index (χ0v) is 11.2. The molecule has 0 atom stereocenters. The molecule has 0 radical (unpaired) electrons. The molecular weight excluding hydrogens is 285 g/mol. The van der Waals surface area contributed by atoms with Crippen molar-refractivity contribution in [1.29, 1.82) is 0 Å². The summed E-state index contributed by atoms with van der Waals surface area (Å²) in [5.41, 5.74) is 0.549. The van der Waals surface area contributed by atoms with E-state index in [0.717, 1.165) is 25.9 Å². The van der Waals surface area contributed by atoms with Gasteiger partial charge in [0.15, 0.2) is 0 Å². The predicted molar refractivity (Wildman–Crippen MR) is 68.5 cm³/mol. The van der Waals surface area contributed by atoms with E-state index in [0.29, 0.717) is 10.0 Å². The van der Waals surface area contributed by atoms with Crippen LogP contribution in [0.15, 0.2) is 22.7 Å². The van der Waals surface area contributed by atoms with Crippen LogP contribution in [0, 0.1) is 5.82 Å². The number of carbonyl (C=O) groups excluding carboxylic acids is 1. The van der Waals surface area contributed by atoms with Crippen LogP contribution in [0.25, 0.3) is 0 Å². The summed E-state index contributed by atoms with van der Waals surface area (Å²) in [7, 11) is 0. The molecule has 1 saturated heterocycles. The third-order valence-electron chi connectivity index (χ3n) is 3.05. The van der Waals surface area contributed by atoms with Crippen molar-refractivity contribution in [2.75, 3.05) is 13.1 Å². The number of carbonyl (C=O) groups is 1. The fourth-order valence-corrected chi connectivity index (χ4v) is 2.63. The van der Waals surface area contributed by atoms with Gasteiger partial charge in [-0.1, -0.05) is 12.8 Å². The van der Waals surface area contributed by atoms with E-state index in [1.807, 2.05) is 4.90 Å². The summed E-state index contributed by atoms with van der Waals surface area (Å²) in [6.45, 7) is 1.62. The summed E-state index contributed by atoms with van der Waals surface area (Å²) in [5, 5.41) is 0. The number of halogens is 2. The molecule has 0 bridgehead atoms. The Balaban J connectivity index is 2.17. The van der Waals surface area contributed by atoms with Gasteiger partial charge in [0.1, 0.15) is 5.82 Å².